The summed E-state index contributed by atoms with van der Waals surface area (Å²) in [4.78, 5) is 17.6. The number of benzene rings is 1. The summed E-state index contributed by atoms with van der Waals surface area (Å²) in [6.45, 7) is 1.09. The van der Waals surface area contributed by atoms with Crippen LogP contribution in [0.15, 0.2) is 22.7 Å². The third-order valence-corrected chi connectivity index (χ3v) is 4.72. The number of hydrogen-bond acceptors (Lipinski definition) is 5. The maximum atomic E-state index is 14.2. The third kappa shape index (κ3) is 3.07. The number of nitrogens with zero attached hydrogens (tertiary/aromatic N) is 3. The second-order valence-corrected chi connectivity index (χ2v) is 6.33. The Morgan fingerprint density at radius 3 is 2.76 bits per heavy atom. The van der Waals surface area contributed by atoms with Crippen LogP contribution in [0.3, 0.4) is 0 Å². The van der Waals surface area contributed by atoms with Gasteiger partial charge in [-0.2, -0.15) is 4.98 Å². The summed E-state index contributed by atoms with van der Waals surface area (Å²) >= 11 is 0. The number of aromatic nitrogens is 2. The number of hydrogen-bond donors (Lipinski definition) is 2. The number of amides is 2. The molecule has 1 saturated heterocycles. The number of halogens is 2. The fourth-order valence-corrected chi connectivity index (χ4v) is 3.33. The van der Waals surface area contributed by atoms with Crippen molar-refractivity contribution in [3.05, 3.63) is 29.8 Å². The summed E-state index contributed by atoms with van der Waals surface area (Å²) in [5, 5.41) is 6.67. The molecule has 2 aromatic rings. The summed E-state index contributed by atoms with van der Waals surface area (Å²) in [5.41, 5.74) is 6.49. The molecule has 2 amide bonds. The van der Waals surface area contributed by atoms with Crippen LogP contribution >= 0.6 is 12.4 Å². The van der Waals surface area contributed by atoms with E-state index >= 15 is 0 Å². The third-order valence-electron chi connectivity index (χ3n) is 4.72. The van der Waals surface area contributed by atoms with Crippen LogP contribution in [-0.4, -0.2) is 29.3 Å². The smallest absolute Gasteiger partial charge is 0.321 e. The van der Waals surface area contributed by atoms with Gasteiger partial charge in [0.1, 0.15) is 5.82 Å². The summed E-state index contributed by atoms with van der Waals surface area (Å²) in [7, 11) is 0. The van der Waals surface area contributed by atoms with Gasteiger partial charge in [-0.1, -0.05) is 18.0 Å². The Hall–Kier alpha value is -2.19. The number of nitrogens with one attached hydrogen (secondary N) is 1. The molecular formula is C16H19ClFN5O2. The van der Waals surface area contributed by atoms with Crippen molar-refractivity contribution in [2.24, 2.45) is 5.73 Å². The molecule has 0 bridgehead atoms. The molecule has 1 aromatic carbocycles. The van der Waals surface area contributed by atoms with Gasteiger partial charge in [-0.15, -0.1) is 12.4 Å². The largest absolute Gasteiger partial charge is 0.336 e. The number of rotatable bonds is 3. The van der Waals surface area contributed by atoms with Gasteiger partial charge in [0.05, 0.1) is 11.1 Å². The van der Waals surface area contributed by atoms with Crippen molar-refractivity contribution in [3.63, 3.8) is 0 Å². The number of nitrogens with two attached hydrogens (primary N) is 1. The van der Waals surface area contributed by atoms with E-state index in [4.69, 9.17) is 10.3 Å². The van der Waals surface area contributed by atoms with Crippen LogP contribution in [0.25, 0.3) is 11.5 Å². The Morgan fingerprint density at radius 2 is 2.08 bits per heavy atom. The van der Waals surface area contributed by atoms with Crippen LogP contribution in [0, 0.1) is 5.82 Å². The molecule has 0 atom stereocenters. The molecule has 2 aliphatic rings. The molecule has 9 heteroatoms. The molecule has 134 valence electrons. The highest BCUT2D eigenvalue weighted by Gasteiger charge is 2.36. The molecule has 7 nitrogen and oxygen atoms in total. The summed E-state index contributed by atoms with van der Waals surface area (Å²) in [6.07, 6.45) is 3.63. The molecule has 0 spiro atoms. The van der Waals surface area contributed by atoms with E-state index < -0.39 is 11.4 Å². The SMILES string of the molecule is Cl.NC1(c2noc(-c3cc(N4CCNC4=O)ccc3F)n2)CCCC1. The topological polar surface area (TPSA) is 97.3 Å². The second-order valence-electron chi connectivity index (χ2n) is 6.33. The minimum Gasteiger partial charge on any atom is -0.336 e. The zero-order valence-electron chi connectivity index (χ0n) is 13.5. The Kier molecular flexibility index (Phi) is 4.66. The summed E-state index contributed by atoms with van der Waals surface area (Å²) in [6, 6.07) is 4.21. The van der Waals surface area contributed by atoms with Crippen molar-refractivity contribution >= 4 is 24.1 Å². The molecule has 1 aliphatic heterocycles. The standard InChI is InChI=1S/C16H18FN5O2.ClH/c17-12-4-3-10(22-8-7-19-15(22)23)9-11(12)13-20-14(21-24-13)16(18)5-1-2-6-16;/h3-4,9H,1-2,5-8,18H2,(H,19,23);1H. The first-order valence-electron chi connectivity index (χ1n) is 8.05. The normalized spacial score (nSPS) is 19.0. The molecule has 4 rings (SSSR count). The van der Waals surface area contributed by atoms with Crippen molar-refractivity contribution in [1.29, 1.82) is 0 Å². The van der Waals surface area contributed by atoms with Crippen LogP contribution in [0.1, 0.15) is 31.5 Å². The minimum absolute atomic E-state index is 0. The molecule has 1 aliphatic carbocycles. The van der Waals surface area contributed by atoms with Gasteiger partial charge in [-0.3, -0.25) is 4.90 Å². The van der Waals surface area contributed by atoms with Crippen molar-refractivity contribution in [2.75, 3.05) is 18.0 Å². The fourth-order valence-electron chi connectivity index (χ4n) is 3.33. The number of urea groups is 1. The van der Waals surface area contributed by atoms with Gasteiger partial charge in [0.15, 0.2) is 5.82 Å². The minimum atomic E-state index is -0.593. The average Bonchev–Trinajstić information content (AvgIpc) is 3.29. The molecule has 3 N–H and O–H groups in total. The van der Waals surface area contributed by atoms with Crippen LogP contribution in [0.5, 0.6) is 0 Å². The molecule has 0 unspecified atom stereocenters. The first-order chi connectivity index (χ1) is 11.6. The van der Waals surface area contributed by atoms with E-state index in [0.29, 0.717) is 24.6 Å². The first kappa shape index (κ1) is 17.6. The van der Waals surface area contributed by atoms with Crippen LogP contribution in [0.2, 0.25) is 0 Å². The number of carbonyl (C=O) groups excluding carboxylic acids is 1. The fraction of sp³-hybridized carbons (Fsp3) is 0.438. The quantitative estimate of drug-likeness (QED) is 0.868. The average molecular weight is 368 g/mol. The number of anilines is 1. The predicted molar refractivity (Wildman–Crippen MR) is 92.0 cm³/mol. The lowest BCUT2D eigenvalue weighted by Crippen LogP contribution is -2.34. The molecule has 1 aromatic heterocycles. The highest BCUT2D eigenvalue weighted by Crippen LogP contribution is 2.36. The van der Waals surface area contributed by atoms with E-state index in [1.54, 1.807) is 17.0 Å². The Morgan fingerprint density at radius 1 is 1.32 bits per heavy atom. The molecular weight excluding hydrogens is 349 g/mol. The van der Waals surface area contributed by atoms with E-state index in [2.05, 4.69) is 15.5 Å². The Balaban J connectivity index is 0.00000182. The van der Waals surface area contributed by atoms with Gasteiger partial charge in [-0.25, -0.2) is 9.18 Å². The first-order valence-corrected chi connectivity index (χ1v) is 8.05. The van der Waals surface area contributed by atoms with E-state index in [1.165, 1.54) is 6.07 Å². The summed E-state index contributed by atoms with van der Waals surface area (Å²) in [5.74, 6) is 0.0189. The van der Waals surface area contributed by atoms with E-state index in [1.807, 2.05) is 0 Å². The van der Waals surface area contributed by atoms with Crippen LogP contribution in [0.4, 0.5) is 14.9 Å². The van der Waals surface area contributed by atoms with E-state index in [0.717, 1.165) is 25.7 Å². The van der Waals surface area contributed by atoms with Gasteiger partial charge in [0.25, 0.3) is 5.89 Å². The zero-order chi connectivity index (χ0) is 16.7. The monoisotopic (exact) mass is 367 g/mol. The van der Waals surface area contributed by atoms with E-state index in [9.17, 15) is 9.18 Å². The zero-order valence-corrected chi connectivity index (χ0v) is 14.3. The second kappa shape index (κ2) is 6.61. The number of carbonyl (C=O) groups is 1. The van der Waals surface area contributed by atoms with Gasteiger partial charge in [-0.05, 0) is 31.0 Å². The summed E-state index contributed by atoms with van der Waals surface area (Å²) < 4.78 is 19.5. The molecule has 1 saturated carbocycles. The molecule has 0 radical (unpaired) electrons. The lowest BCUT2D eigenvalue weighted by atomic mass is 9.98. The van der Waals surface area contributed by atoms with Crippen molar-refractivity contribution < 1.29 is 13.7 Å². The van der Waals surface area contributed by atoms with Crippen LogP contribution < -0.4 is 16.0 Å². The molecule has 2 fully saturated rings. The molecule has 25 heavy (non-hydrogen) atoms. The lowest BCUT2D eigenvalue weighted by molar-refractivity contribution is 0.252. The van der Waals surface area contributed by atoms with E-state index in [-0.39, 0.29) is 29.9 Å². The van der Waals surface area contributed by atoms with Crippen LogP contribution in [-0.2, 0) is 5.54 Å². The Bertz CT molecular complexity index is 791. The van der Waals surface area contributed by atoms with Crippen molar-refractivity contribution in [2.45, 2.75) is 31.2 Å². The predicted octanol–water partition coefficient (Wildman–Crippen LogP) is 2.56. The van der Waals surface area contributed by atoms with Gasteiger partial charge < -0.3 is 15.6 Å². The van der Waals surface area contributed by atoms with Crippen molar-refractivity contribution in [1.82, 2.24) is 15.5 Å². The lowest BCUT2D eigenvalue weighted by Gasteiger charge is -2.17. The van der Waals surface area contributed by atoms with Crippen molar-refractivity contribution in [3.8, 4) is 11.5 Å². The highest BCUT2D eigenvalue weighted by atomic mass is 35.5. The molecule has 2 heterocycles. The van der Waals surface area contributed by atoms with Gasteiger partial charge >= 0.3 is 6.03 Å². The maximum Gasteiger partial charge on any atom is 0.321 e. The highest BCUT2D eigenvalue weighted by molar-refractivity contribution is 5.94. The Labute approximate surface area is 150 Å². The van der Waals surface area contributed by atoms with Gasteiger partial charge in [0.2, 0.25) is 0 Å². The maximum absolute atomic E-state index is 14.2. The van der Waals surface area contributed by atoms with Gasteiger partial charge in [0, 0.05) is 18.8 Å².